The van der Waals surface area contributed by atoms with Crippen molar-refractivity contribution in [1.82, 2.24) is 4.98 Å². The van der Waals surface area contributed by atoms with Crippen LogP contribution in [-0.4, -0.2) is 22.2 Å². The second-order valence-corrected chi connectivity index (χ2v) is 6.19. The van der Waals surface area contributed by atoms with Crippen LogP contribution in [0.3, 0.4) is 0 Å². The molecule has 0 fully saturated rings. The van der Waals surface area contributed by atoms with Gasteiger partial charge in [0.25, 0.3) is 0 Å². The molecule has 1 heterocycles. The van der Waals surface area contributed by atoms with Crippen molar-refractivity contribution in [3.8, 4) is 16.9 Å². The van der Waals surface area contributed by atoms with Crippen molar-refractivity contribution in [3.63, 3.8) is 0 Å². The van der Waals surface area contributed by atoms with Crippen molar-refractivity contribution in [1.29, 1.82) is 0 Å². The van der Waals surface area contributed by atoms with E-state index >= 15 is 0 Å². The maximum Gasteiger partial charge on any atom is 0.344 e. The van der Waals surface area contributed by atoms with E-state index in [4.69, 9.17) is 33.0 Å². The van der Waals surface area contributed by atoms with Crippen LogP contribution >= 0.6 is 23.2 Å². The molecule has 0 aliphatic heterocycles. The van der Waals surface area contributed by atoms with Gasteiger partial charge in [0, 0.05) is 17.0 Å². The zero-order chi connectivity index (χ0) is 18.1. The summed E-state index contributed by atoms with van der Waals surface area (Å²) in [5.41, 5.74) is 1.82. The third kappa shape index (κ3) is 3.67. The minimum Gasteiger partial charge on any atom is -0.479 e. The summed E-state index contributed by atoms with van der Waals surface area (Å²) in [5.74, 6) is -1.15. The lowest BCUT2D eigenvalue weighted by Crippen LogP contribution is -2.22. The van der Waals surface area contributed by atoms with Gasteiger partial charge in [-0.05, 0) is 48.9 Å². The molecule has 0 aliphatic rings. The fourth-order valence-corrected chi connectivity index (χ4v) is 2.90. The van der Waals surface area contributed by atoms with Crippen LogP contribution in [0.5, 0.6) is 5.75 Å². The fourth-order valence-electron chi connectivity index (χ4n) is 2.43. The third-order valence-electron chi connectivity index (χ3n) is 3.63. The standard InChI is InChI=1S/C18H12Cl2FNO3/c1-9(18(23)24)25-11-3-5-13-14(8-17(20)22-16(13)7-11)12-4-2-10(21)6-15(12)19/h2-9H,1H3,(H,23,24). The second-order valence-electron chi connectivity index (χ2n) is 5.39. The molecule has 7 heteroatoms. The number of aromatic nitrogens is 1. The highest BCUT2D eigenvalue weighted by Gasteiger charge is 2.15. The Balaban J connectivity index is 2.13. The molecule has 0 saturated heterocycles. The molecule has 2 aromatic carbocycles. The van der Waals surface area contributed by atoms with Gasteiger partial charge in [-0.2, -0.15) is 0 Å². The van der Waals surface area contributed by atoms with E-state index < -0.39 is 17.9 Å². The van der Waals surface area contributed by atoms with E-state index in [1.54, 1.807) is 30.3 Å². The van der Waals surface area contributed by atoms with Crippen molar-refractivity contribution < 1.29 is 19.0 Å². The number of benzene rings is 2. The number of carboxylic acids is 1. The molecule has 1 unspecified atom stereocenters. The molecule has 128 valence electrons. The summed E-state index contributed by atoms with van der Waals surface area (Å²) >= 11 is 12.3. The number of hydrogen-bond donors (Lipinski definition) is 1. The van der Waals surface area contributed by atoms with Crippen molar-refractivity contribution in [3.05, 3.63) is 58.5 Å². The summed E-state index contributed by atoms with van der Waals surface area (Å²) in [6.07, 6.45) is -0.998. The number of carboxylic acid groups (broad SMARTS) is 1. The van der Waals surface area contributed by atoms with Crippen molar-refractivity contribution >= 4 is 40.1 Å². The summed E-state index contributed by atoms with van der Waals surface area (Å²) in [7, 11) is 0. The zero-order valence-electron chi connectivity index (χ0n) is 13.0. The molecule has 3 rings (SSSR count). The van der Waals surface area contributed by atoms with Crippen LogP contribution in [-0.2, 0) is 4.79 Å². The Bertz CT molecular complexity index is 978. The highest BCUT2D eigenvalue weighted by Crippen LogP contribution is 2.36. The highest BCUT2D eigenvalue weighted by molar-refractivity contribution is 6.34. The first-order chi connectivity index (χ1) is 11.8. The predicted molar refractivity (Wildman–Crippen MR) is 94.9 cm³/mol. The van der Waals surface area contributed by atoms with Gasteiger partial charge in [-0.3, -0.25) is 0 Å². The largest absolute Gasteiger partial charge is 0.479 e. The van der Waals surface area contributed by atoms with E-state index in [9.17, 15) is 9.18 Å². The van der Waals surface area contributed by atoms with Gasteiger partial charge in [0.2, 0.25) is 0 Å². The number of nitrogens with zero attached hydrogens (tertiary/aromatic N) is 1. The number of ether oxygens (including phenoxy) is 1. The lowest BCUT2D eigenvalue weighted by molar-refractivity contribution is -0.144. The van der Waals surface area contributed by atoms with Crippen molar-refractivity contribution in [2.75, 3.05) is 0 Å². The molecule has 0 radical (unpaired) electrons. The van der Waals surface area contributed by atoms with Crippen LogP contribution < -0.4 is 4.74 Å². The summed E-state index contributed by atoms with van der Waals surface area (Å²) in [6, 6.07) is 10.7. The van der Waals surface area contributed by atoms with Crippen molar-refractivity contribution in [2.45, 2.75) is 13.0 Å². The van der Waals surface area contributed by atoms with Gasteiger partial charge in [0.05, 0.1) is 10.5 Å². The number of rotatable bonds is 4. The molecule has 0 amide bonds. The Labute approximate surface area is 152 Å². The van der Waals surface area contributed by atoms with Crippen LogP contribution in [0.15, 0.2) is 42.5 Å². The molecule has 0 bridgehead atoms. The normalized spacial score (nSPS) is 12.2. The SMILES string of the molecule is CC(Oc1ccc2c(-c3ccc(F)cc3Cl)cc(Cl)nc2c1)C(=O)O. The molecule has 3 aromatic rings. The Morgan fingerprint density at radius 3 is 2.60 bits per heavy atom. The first-order valence-corrected chi connectivity index (χ1v) is 8.06. The summed E-state index contributed by atoms with van der Waals surface area (Å²) in [4.78, 5) is 15.2. The number of carbonyl (C=O) groups is 1. The minimum absolute atomic E-state index is 0.228. The average Bonchev–Trinajstić information content (AvgIpc) is 2.53. The molecule has 0 aliphatic carbocycles. The third-order valence-corrected chi connectivity index (χ3v) is 4.14. The first kappa shape index (κ1) is 17.5. The number of halogens is 3. The summed E-state index contributed by atoms with van der Waals surface area (Å²) in [6.45, 7) is 1.43. The van der Waals surface area contributed by atoms with E-state index in [-0.39, 0.29) is 10.2 Å². The monoisotopic (exact) mass is 379 g/mol. The molecule has 0 spiro atoms. The molecular formula is C18H12Cl2FNO3. The van der Waals surface area contributed by atoms with E-state index in [1.165, 1.54) is 19.1 Å². The molecular weight excluding hydrogens is 368 g/mol. The zero-order valence-corrected chi connectivity index (χ0v) is 14.5. The van der Waals surface area contributed by atoms with Crippen LogP contribution in [0.4, 0.5) is 4.39 Å². The molecule has 0 saturated carbocycles. The smallest absolute Gasteiger partial charge is 0.344 e. The Kier molecular flexibility index (Phi) is 4.79. The van der Waals surface area contributed by atoms with Crippen LogP contribution in [0.2, 0.25) is 10.2 Å². The van der Waals surface area contributed by atoms with E-state index in [0.717, 1.165) is 5.39 Å². The molecule has 1 aromatic heterocycles. The average molecular weight is 380 g/mol. The van der Waals surface area contributed by atoms with Gasteiger partial charge in [0.1, 0.15) is 16.7 Å². The van der Waals surface area contributed by atoms with Gasteiger partial charge in [-0.15, -0.1) is 0 Å². The second kappa shape index (κ2) is 6.86. The first-order valence-electron chi connectivity index (χ1n) is 7.30. The maximum absolute atomic E-state index is 13.3. The van der Waals surface area contributed by atoms with Gasteiger partial charge in [0.15, 0.2) is 6.10 Å². The van der Waals surface area contributed by atoms with Gasteiger partial charge in [-0.25, -0.2) is 14.2 Å². The summed E-state index contributed by atoms with van der Waals surface area (Å²) < 4.78 is 18.7. The fraction of sp³-hybridized carbons (Fsp3) is 0.111. The molecule has 4 nitrogen and oxygen atoms in total. The topological polar surface area (TPSA) is 59.4 Å². The van der Waals surface area contributed by atoms with E-state index in [2.05, 4.69) is 4.98 Å². The van der Waals surface area contributed by atoms with E-state index in [1.807, 2.05) is 0 Å². The quantitative estimate of drug-likeness (QED) is 0.632. The molecule has 25 heavy (non-hydrogen) atoms. The maximum atomic E-state index is 13.3. The van der Waals surface area contributed by atoms with Gasteiger partial charge < -0.3 is 9.84 Å². The number of hydrogen-bond acceptors (Lipinski definition) is 3. The summed E-state index contributed by atoms with van der Waals surface area (Å²) in [5, 5.41) is 10.2. The predicted octanol–water partition coefficient (Wildman–Crippen LogP) is 5.20. The number of aliphatic carboxylic acids is 1. The van der Waals surface area contributed by atoms with Crippen LogP contribution in [0.1, 0.15) is 6.92 Å². The molecule has 1 N–H and O–H groups in total. The number of fused-ring (bicyclic) bond motifs is 1. The minimum atomic E-state index is -1.07. The molecule has 1 atom stereocenters. The van der Waals surface area contributed by atoms with Crippen LogP contribution in [0.25, 0.3) is 22.0 Å². The van der Waals surface area contributed by atoms with E-state index in [0.29, 0.717) is 22.4 Å². The van der Waals surface area contributed by atoms with Gasteiger partial charge in [-0.1, -0.05) is 23.2 Å². The van der Waals surface area contributed by atoms with Crippen LogP contribution in [0, 0.1) is 5.82 Å². The Hall–Kier alpha value is -2.37. The Morgan fingerprint density at radius 1 is 1.16 bits per heavy atom. The lowest BCUT2D eigenvalue weighted by Gasteiger charge is -2.13. The van der Waals surface area contributed by atoms with Gasteiger partial charge >= 0.3 is 5.97 Å². The van der Waals surface area contributed by atoms with Crippen molar-refractivity contribution in [2.24, 2.45) is 0 Å². The lowest BCUT2D eigenvalue weighted by atomic mass is 10.0. The highest BCUT2D eigenvalue weighted by atomic mass is 35.5. The Morgan fingerprint density at radius 2 is 1.92 bits per heavy atom. The number of pyridine rings is 1.